The van der Waals surface area contributed by atoms with Gasteiger partial charge in [0.15, 0.2) is 5.82 Å². The van der Waals surface area contributed by atoms with Crippen LogP contribution in [0.4, 0.5) is 4.79 Å². The Morgan fingerprint density at radius 1 is 1.52 bits per heavy atom. The molecule has 1 aromatic heterocycles. The highest BCUT2D eigenvalue weighted by Crippen LogP contribution is 2.10. The molecule has 0 bridgehead atoms. The van der Waals surface area contributed by atoms with Crippen molar-refractivity contribution >= 4 is 11.9 Å². The van der Waals surface area contributed by atoms with Crippen LogP contribution < -0.4 is 10.6 Å². The van der Waals surface area contributed by atoms with Crippen LogP contribution in [0.3, 0.4) is 0 Å². The van der Waals surface area contributed by atoms with Gasteiger partial charge in [0.25, 0.3) is 0 Å². The van der Waals surface area contributed by atoms with Crippen molar-refractivity contribution in [1.82, 2.24) is 30.3 Å². The maximum absolute atomic E-state index is 12.3. The van der Waals surface area contributed by atoms with E-state index < -0.39 is 0 Å². The van der Waals surface area contributed by atoms with Gasteiger partial charge < -0.3 is 24.8 Å². The SMILES string of the molecule is COCCCn1cnnc1C(C)NC(=O)N1CCNC(=O)CC1. The van der Waals surface area contributed by atoms with E-state index in [0.29, 0.717) is 38.5 Å². The van der Waals surface area contributed by atoms with E-state index in [2.05, 4.69) is 20.8 Å². The number of rotatable bonds is 6. The van der Waals surface area contributed by atoms with Gasteiger partial charge in [-0.05, 0) is 13.3 Å². The molecule has 1 aliphatic heterocycles. The second-order valence-electron chi connectivity index (χ2n) is 5.49. The average molecular weight is 324 g/mol. The number of urea groups is 1. The fraction of sp³-hybridized carbons (Fsp3) is 0.714. The second-order valence-corrected chi connectivity index (χ2v) is 5.49. The quantitative estimate of drug-likeness (QED) is 0.712. The molecule has 2 N–H and O–H groups in total. The van der Waals surface area contributed by atoms with Gasteiger partial charge >= 0.3 is 6.03 Å². The number of nitrogens with zero attached hydrogens (tertiary/aromatic N) is 4. The van der Waals surface area contributed by atoms with Gasteiger partial charge in [-0.25, -0.2) is 4.79 Å². The highest BCUT2D eigenvalue weighted by atomic mass is 16.5. The zero-order valence-electron chi connectivity index (χ0n) is 13.6. The lowest BCUT2D eigenvalue weighted by Crippen LogP contribution is -2.43. The molecule has 1 aliphatic rings. The first-order valence-corrected chi connectivity index (χ1v) is 7.80. The molecule has 2 rings (SSSR count). The molecule has 1 atom stereocenters. The molecule has 128 valence electrons. The Hall–Kier alpha value is -2.16. The summed E-state index contributed by atoms with van der Waals surface area (Å²) in [7, 11) is 1.66. The van der Waals surface area contributed by atoms with Crippen molar-refractivity contribution < 1.29 is 14.3 Å². The summed E-state index contributed by atoms with van der Waals surface area (Å²) in [6, 6.07) is -0.458. The van der Waals surface area contributed by atoms with Crippen LogP contribution in [0.25, 0.3) is 0 Å². The molecule has 23 heavy (non-hydrogen) atoms. The van der Waals surface area contributed by atoms with Gasteiger partial charge in [0, 0.05) is 46.3 Å². The molecular formula is C14H24N6O3. The molecule has 1 fully saturated rings. The van der Waals surface area contributed by atoms with Gasteiger partial charge in [0.2, 0.25) is 5.91 Å². The molecule has 0 spiro atoms. The van der Waals surface area contributed by atoms with Crippen molar-refractivity contribution in [3.63, 3.8) is 0 Å². The van der Waals surface area contributed by atoms with Crippen LogP contribution in [0.15, 0.2) is 6.33 Å². The van der Waals surface area contributed by atoms with Gasteiger partial charge in [-0.1, -0.05) is 0 Å². The normalized spacial score (nSPS) is 16.6. The second kappa shape index (κ2) is 8.47. The molecule has 0 aromatic carbocycles. The molecule has 1 saturated heterocycles. The minimum atomic E-state index is -0.264. The third-order valence-corrected chi connectivity index (χ3v) is 3.72. The van der Waals surface area contributed by atoms with Crippen LogP contribution >= 0.6 is 0 Å². The maximum atomic E-state index is 12.3. The lowest BCUT2D eigenvalue weighted by Gasteiger charge is -2.23. The number of methoxy groups -OCH3 is 1. The van der Waals surface area contributed by atoms with Gasteiger partial charge in [-0.3, -0.25) is 4.79 Å². The number of hydrogen-bond acceptors (Lipinski definition) is 5. The molecule has 1 unspecified atom stereocenters. The number of nitrogens with one attached hydrogen (secondary N) is 2. The Morgan fingerprint density at radius 3 is 3.13 bits per heavy atom. The number of aryl methyl sites for hydroxylation is 1. The average Bonchev–Trinajstić information content (AvgIpc) is 2.88. The molecule has 0 radical (unpaired) electrons. The zero-order valence-corrected chi connectivity index (χ0v) is 13.6. The first kappa shape index (κ1) is 17.2. The van der Waals surface area contributed by atoms with E-state index in [-0.39, 0.29) is 18.0 Å². The lowest BCUT2D eigenvalue weighted by atomic mass is 10.3. The van der Waals surface area contributed by atoms with Crippen molar-refractivity contribution in [2.45, 2.75) is 32.4 Å². The summed E-state index contributed by atoms with van der Waals surface area (Å²) in [5.41, 5.74) is 0. The van der Waals surface area contributed by atoms with Crippen LogP contribution in [0.2, 0.25) is 0 Å². The van der Waals surface area contributed by atoms with Crippen LogP contribution in [0.1, 0.15) is 31.6 Å². The third kappa shape index (κ3) is 4.92. The number of aromatic nitrogens is 3. The maximum Gasteiger partial charge on any atom is 0.318 e. The van der Waals surface area contributed by atoms with Crippen molar-refractivity contribution in [2.24, 2.45) is 0 Å². The van der Waals surface area contributed by atoms with E-state index in [1.807, 2.05) is 11.5 Å². The fourth-order valence-corrected chi connectivity index (χ4v) is 2.46. The smallest absolute Gasteiger partial charge is 0.318 e. The highest BCUT2D eigenvalue weighted by Gasteiger charge is 2.22. The Kier molecular flexibility index (Phi) is 6.33. The first-order chi connectivity index (χ1) is 11.1. The Labute approximate surface area is 135 Å². The van der Waals surface area contributed by atoms with E-state index in [1.54, 1.807) is 18.3 Å². The van der Waals surface area contributed by atoms with E-state index in [4.69, 9.17) is 4.74 Å². The fourth-order valence-electron chi connectivity index (χ4n) is 2.46. The summed E-state index contributed by atoms with van der Waals surface area (Å²) in [5.74, 6) is 0.685. The summed E-state index contributed by atoms with van der Waals surface area (Å²) < 4.78 is 6.96. The minimum absolute atomic E-state index is 0.0220. The number of hydrogen-bond donors (Lipinski definition) is 2. The summed E-state index contributed by atoms with van der Waals surface area (Å²) in [6.07, 6.45) is 2.83. The summed E-state index contributed by atoms with van der Waals surface area (Å²) in [5, 5.41) is 13.7. The standard InChI is InChI=1S/C14H24N6O3/c1-11(13-18-16-10-20(13)6-3-9-23-2)17-14(22)19-7-4-12(21)15-5-8-19/h10-11H,3-9H2,1-2H3,(H,15,21)(H,17,22). The first-order valence-electron chi connectivity index (χ1n) is 7.80. The van der Waals surface area contributed by atoms with Crippen molar-refractivity contribution in [2.75, 3.05) is 33.4 Å². The molecule has 9 nitrogen and oxygen atoms in total. The highest BCUT2D eigenvalue weighted by molar-refractivity contribution is 5.79. The predicted octanol–water partition coefficient (Wildman–Crippen LogP) is -0.0929. The zero-order chi connectivity index (χ0) is 16.7. The van der Waals surface area contributed by atoms with E-state index in [9.17, 15) is 9.59 Å². The molecule has 2 heterocycles. The van der Waals surface area contributed by atoms with Crippen molar-refractivity contribution in [1.29, 1.82) is 0 Å². The predicted molar refractivity (Wildman–Crippen MR) is 82.7 cm³/mol. The van der Waals surface area contributed by atoms with E-state index in [1.165, 1.54) is 0 Å². The topological polar surface area (TPSA) is 101 Å². The molecule has 0 aliphatic carbocycles. The van der Waals surface area contributed by atoms with Crippen LogP contribution in [-0.2, 0) is 16.1 Å². The summed E-state index contributed by atoms with van der Waals surface area (Å²) in [4.78, 5) is 25.3. The minimum Gasteiger partial charge on any atom is -0.385 e. The van der Waals surface area contributed by atoms with E-state index in [0.717, 1.165) is 13.0 Å². The largest absolute Gasteiger partial charge is 0.385 e. The summed E-state index contributed by atoms with van der Waals surface area (Å²) in [6.45, 7) is 4.67. The molecule has 1 aromatic rings. The van der Waals surface area contributed by atoms with Gasteiger partial charge in [0.1, 0.15) is 6.33 Å². The lowest BCUT2D eigenvalue weighted by molar-refractivity contribution is -0.120. The monoisotopic (exact) mass is 324 g/mol. The van der Waals surface area contributed by atoms with Gasteiger partial charge in [-0.15, -0.1) is 10.2 Å². The van der Waals surface area contributed by atoms with Crippen LogP contribution in [0.5, 0.6) is 0 Å². The van der Waals surface area contributed by atoms with Crippen LogP contribution in [0, 0.1) is 0 Å². The van der Waals surface area contributed by atoms with Crippen molar-refractivity contribution in [3.8, 4) is 0 Å². The Balaban J connectivity index is 1.90. The molecule has 3 amide bonds. The number of amides is 3. The van der Waals surface area contributed by atoms with Gasteiger partial charge in [0.05, 0.1) is 6.04 Å². The summed E-state index contributed by atoms with van der Waals surface area (Å²) >= 11 is 0. The third-order valence-electron chi connectivity index (χ3n) is 3.72. The number of carbonyl (C=O) groups excluding carboxylic acids is 2. The Morgan fingerprint density at radius 2 is 2.35 bits per heavy atom. The number of ether oxygens (including phenoxy) is 1. The molecule has 9 heteroatoms. The number of carbonyl (C=O) groups is 2. The van der Waals surface area contributed by atoms with Gasteiger partial charge in [-0.2, -0.15) is 0 Å². The van der Waals surface area contributed by atoms with E-state index >= 15 is 0 Å². The van der Waals surface area contributed by atoms with Crippen LogP contribution in [-0.4, -0.2) is 65.0 Å². The Bertz CT molecular complexity index is 532. The molecular weight excluding hydrogens is 300 g/mol. The van der Waals surface area contributed by atoms with Crippen molar-refractivity contribution in [3.05, 3.63) is 12.2 Å². The molecule has 0 saturated carbocycles.